The smallest absolute Gasteiger partial charge is 0.325 e. The van der Waals surface area contributed by atoms with Crippen molar-refractivity contribution in [2.45, 2.75) is 44.2 Å². The van der Waals surface area contributed by atoms with E-state index in [0.29, 0.717) is 28.5 Å². The summed E-state index contributed by atoms with van der Waals surface area (Å²) in [6.45, 7) is -0.0527. The molecular formula is C17H18Cl2N2O4. The molecule has 0 radical (unpaired) electrons. The lowest BCUT2D eigenvalue weighted by Gasteiger charge is -2.19. The van der Waals surface area contributed by atoms with E-state index in [1.807, 2.05) is 0 Å². The first-order chi connectivity index (χ1) is 11.9. The number of carbonyl (C=O) groups is 3. The van der Waals surface area contributed by atoms with Crippen LogP contribution in [0.4, 0.5) is 4.79 Å². The van der Waals surface area contributed by atoms with E-state index >= 15 is 0 Å². The van der Waals surface area contributed by atoms with Gasteiger partial charge in [0.2, 0.25) is 0 Å². The zero-order chi connectivity index (χ0) is 18.0. The molecule has 134 valence electrons. The second-order valence-electron chi connectivity index (χ2n) is 6.29. The minimum atomic E-state index is -0.758. The Morgan fingerprint density at radius 1 is 1.20 bits per heavy atom. The molecule has 25 heavy (non-hydrogen) atoms. The number of halogens is 2. The van der Waals surface area contributed by atoms with Crippen LogP contribution in [0.15, 0.2) is 18.2 Å². The van der Waals surface area contributed by atoms with Gasteiger partial charge in [-0.05, 0) is 25.0 Å². The first kappa shape index (κ1) is 18.0. The number of carbonyl (C=O) groups excluding carboxylic acids is 3. The van der Waals surface area contributed by atoms with Crippen LogP contribution < -0.4 is 5.32 Å². The second-order valence-corrected chi connectivity index (χ2v) is 7.10. The van der Waals surface area contributed by atoms with Crippen LogP contribution in [0.25, 0.3) is 0 Å². The van der Waals surface area contributed by atoms with Gasteiger partial charge in [0, 0.05) is 22.2 Å². The summed E-state index contributed by atoms with van der Waals surface area (Å²) in [7, 11) is 0. The van der Waals surface area contributed by atoms with Crippen LogP contribution in [-0.2, 0) is 20.9 Å². The molecule has 1 aliphatic carbocycles. The molecular weight excluding hydrogens is 367 g/mol. The Morgan fingerprint density at radius 3 is 2.48 bits per heavy atom. The number of hydrogen-bond donors (Lipinski definition) is 1. The monoisotopic (exact) mass is 384 g/mol. The number of urea groups is 1. The largest absolute Gasteiger partial charge is 0.461 e. The number of amides is 3. The van der Waals surface area contributed by atoms with Gasteiger partial charge in [-0.2, -0.15) is 0 Å². The van der Waals surface area contributed by atoms with E-state index in [2.05, 4.69) is 5.32 Å². The molecule has 1 heterocycles. The summed E-state index contributed by atoms with van der Waals surface area (Å²) in [6.07, 6.45) is 3.07. The standard InChI is InChI=1S/C17H18Cl2N2O4/c18-12-4-3-5-13(19)11(12)10-25-14(22)6-9-21-15(23)17(20-16(21)24)7-1-2-8-17/h3-5H,1-2,6-10H2,(H,20,24). The lowest BCUT2D eigenvalue weighted by Crippen LogP contribution is -2.44. The Kier molecular flexibility index (Phi) is 5.20. The molecule has 1 aromatic carbocycles. The third-order valence-electron chi connectivity index (χ3n) is 4.68. The zero-order valence-corrected chi connectivity index (χ0v) is 15.0. The fourth-order valence-electron chi connectivity index (χ4n) is 3.29. The summed E-state index contributed by atoms with van der Waals surface area (Å²) >= 11 is 12.0. The van der Waals surface area contributed by atoms with Gasteiger partial charge in [0.05, 0.1) is 6.42 Å². The highest BCUT2D eigenvalue weighted by molar-refractivity contribution is 6.35. The fourth-order valence-corrected chi connectivity index (χ4v) is 3.80. The number of imide groups is 1. The number of esters is 1. The average Bonchev–Trinajstić information content (AvgIpc) is 3.12. The van der Waals surface area contributed by atoms with Gasteiger partial charge in [-0.15, -0.1) is 0 Å². The average molecular weight is 385 g/mol. The number of nitrogens with zero attached hydrogens (tertiary/aromatic N) is 1. The summed E-state index contributed by atoms with van der Waals surface area (Å²) in [5.41, 5.74) is -0.231. The van der Waals surface area contributed by atoms with Crippen LogP contribution in [-0.4, -0.2) is 34.9 Å². The lowest BCUT2D eigenvalue weighted by molar-refractivity contribution is -0.145. The number of ether oxygens (including phenoxy) is 1. The van der Waals surface area contributed by atoms with Crippen molar-refractivity contribution in [3.63, 3.8) is 0 Å². The van der Waals surface area contributed by atoms with Crippen LogP contribution in [0.5, 0.6) is 0 Å². The summed E-state index contributed by atoms with van der Waals surface area (Å²) in [6, 6.07) is 4.58. The SMILES string of the molecule is O=C(CCN1C(=O)NC2(CCCC2)C1=O)OCc1c(Cl)cccc1Cl. The Morgan fingerprint density at radius 2 is 1.84 bits per heavy atom. The maximum atomic E-state index is 12.5. The summed E-state index contributed by atoms with van der Waals surface area (Å²) in [4.78, 5) is 37.6. The van der Waals surface area contributed by atoms with Crippen molar-refractivity contribution in [2.75, 3.05) is 6.54 Å². The van der Waals surface area contributed by atoms with E-state index in [0.717, 1.165) is 17.7 Å². The first-order valence-electron chi connectivity index (χ1n) is 8.15. The summed E-state index contributed by atoms with van der Waals surface area (Å²) < 4.78 is 5.16. The Hall–Kier alpha value is -1.79. The van der Waals surface area contributed by atoms with Crippen LogP contribution in [0.2, 0.25) is 10.0 Å². The molecule has 3 rings (SSSR count). The van der Waals surface area contributed by atoms with Gasteiger partial charge in [0.25, 0.3) is 5.91 Å². The molecule has 2 fully saturated rings. The van der Waals surface area contributed by atoms with Crippen LogP contribution in [0, 0.1) is 0 Å². The maximum absolute atomic E-state index is 12.5. The van der Waals surface area contributed by atoms with Crippen molar-refractivity contribution in [1.82, 2.24) is 10.2 Å². The Labute approximate surface area is 155 Å². The van der Waals surface area contributed by atoms with Crippen molar-refractivity contribution >= 4 is 41.1 Å². The van der Waals surface area contributed by atoms with E-state index in [9.17, 15) is 14.4 Å². The van der Waals surface area contributed by atoms with Gasteiger partial charge in [-0.3, -0.25) is 14.5 Å². The minimum Gasteiger partial charge on any atom is -0.461 e. The van der Waals surface area contributed by atoms with Gasteiger partial charge in [-0.1, -0.05) is 42.1 Å². The van der Waals surface area contributed by atoms with E-state index in [-0.39, 0.29) is 25.5 Å². The normalized spacial score (nSPS) is 18.7. The van der Waals surface area contributed by atoms with Crippen molar-refractivity contribution in [2.24, 2.45) is 0 Å². The van der Waals surface area contributed by atoms with E-state index in [1.165, 1.54) is 0 Å². The molecule has 0 unspecified atom stereocenters. The Bertz CT molecular complexity index is 696. The highest BCUT2D eigenvalue weighted by Crippen LogP contribution is 2.35. The highest BCUT2D eigenvalue weighted by atomic mass is 35.5. The molecule has 0 atom stereocenters. The van der Waals surface area contributed by atoms with Gasteiger partial charge in [-0.25, -0.2) is 4.79 Å². The van der Waals surface area contributed by atoms with Gasteiger partial charge in [0.1, 0.15) is 12.1 Å². The van der Waals surface area contributed by atoms with Gasteiger partial charge < -0.3 is 10.1 Å². The minimum absolute atomic E-state index is 0.00149. The molecule has 1 aliphatic heterocycles. The fraction of sp³-hybridized carbons (Fsp3) is 0.471. The predicted molar refractivity (Wildman–Crippen MR) is 92.3 cm³/mol. The van der Waals surface area contributed by atoms with Gasteiger partial charge in [0.15, 0.2) is 0 Å². The molecule has 0 aromatic heterocycles. The number of nitrogens with one attached hydrogen (secondary N) is 1. The first-order valence-corrected chi connectivity index (χ1v) is 8.91. The van der Waals surface area contributed by atoms with E-state index in [4.69, 9.17) is 27.9 Å². The molecule has 1 saturated carbocycles. The molecule has 2 aliphatic rings. The van der Waals surface area contributed by atoms with E-state index in [1.54, 1.807) is 18.2 Å². The third kappa shape index (κ3) is 3.60. The van der Waals surface area contributed by atoms with E-state index < -0.39 is 17.5 Å². The maximum Gasteiger partial charge on any atom is 0.325 e. The molecule has 3 amide bonds. The Balaban J connectivity index is 1.52. The topological polar surface area (TPSA) is 75.7 Å². The lowest BCUT2D eigenvalue weighted by atomic mass is 9.98. The third-order valence-corrected chi connectivity index (χ3v) is 5.39. The quantitative estimate of drug-likeness (QED) is 0.624. The summed E-state index contributed by atoms with van der Waals surface area (Å²) in [5.74, 6) is -0.763. The highest BCUT2D eigenvalue weighted by Gasteiger charge is 2.52. The number of rotatable bonds is 5. The number of benzene rings is 1. The molecule has 8 heteroatoms. The molecule has 1 spiro atoms. The van der Waals surface area contributed by atoms with Gasteiger partial charge >= 0.3 is 12.0 Å². The predicted octanol–water partition coefficient (Wildman–Crippen LogP) is 3.29. The number of hydrogen-bond acceptors (Lipinski definition) is 4. The molecule has 1 N–H and O–H groups in total. The van der Waals surface area contributed by atoms with Crippen LogP contribution in [0.1, 0.15) is 37.7 Å². The van der Waals surface area contributed by atoms with Crippen molar-refractivity contribution in [1.29, 1.82) is 0 Å². The molecule has 6 nitrogen and oxygen atoms in total. The van der Waals surface area contributed by atoms with Crippen molar-refractivity contribution in [3.05, 3.63) is 33.8 Å². The van der Waals surface area contributed by atoms with Crippen LogP contribution >= 0.6 is 23.2 Å². The van der Waals surface area contributed by atoms with Crippen LogP contribution in [0.3, 0.4) is 0 Å². The zero-order valence-electron chi connectivity index (χ0n) is 13.5. The van der Waals surface area contributed by atoms with Crippen molar-refractivity contribution in [3.8, 4) is 0 Å². The van der Waals surface area contributed by atoms with Crippen molar-refractivity contribution < 1.29 is 19.1 Å². The molecule has 1 saturated heterocycles. The summed E-state index contributed by atoms with van der Waals surface area (Å²) in [5, 5.41) is 3.60. The molecule has 1 aromatic rings. The second kappa shape index (κ2) is 7.22. The molecule has 0 bridgehead atoms.